The standard InChI is InChI=1S/C17H16ClF2NO/c1-11(13-6-7-15(19)16(20)10-13)21-17(22)8-5-12-3-2-4-14(18)9-12/h2-4,6-7,9-11H,5,8H2,1H3,(H,21,22). The van der Waals surface area contributed by atoms with Crippen LogP contribution in [0, 0.1) is 11.6 Å². The summed E-state index contributed by atoms with van der Waals surface area (Å²) in [5.41, 5.74) is 1.50. The molecule has 0 spiro atoms. The van der Waals surface area contributed by atoms with E-state index in [1.165, 1.54) is 6.07 Å². The fourth-order valence-electron chi connectivity index (χ4n) is 2.13. The Balaban J connectivity index is 1.89. The molecular weight excluding hydrogens is 308 g/mol. The predicted octanol–water partition coefficient (Wildman–Crippen LogP) is 4.43. The summed E-state index contributed by atoms with van der Waals surface area (Å²) < 4.78 is 26.1. The number of rotatable bonds is 5. The minimum absolute atomic E-state index is 0.155. The van der Waals surface area contributed by atoms with E-state index in [9.17, 15) is 13.6 Å². The maximum absolute atomic E-state index is 13.2. The number of carbonyl (C=O) groups excluding carboxylic acids is 1. The molecule has 0 radical (unpaired) electrons. The number of amides is 1. The van der Waals surface area contributed by atoms with Gasteiger partial charge in [-0.15, -0.1) is 0 Å². The Kier molecular flexibility index (Phi) is 5.50. The van der Waals surface area contributed by atoms with Gasteiger partial charge in [-0.05, 0) is 48.7 Å². The molecule has 0 heterocycles. The first-order valence-corrected chi connectivity index (χ1v) is 7.32. The van der Waals surface area contributed by atoms with Gasteiger partial charge < -0.3 is 5.32 Å². The smallest absolute Gasteiger partial charge is 0.220 e. The van der Waals surface area contributed by atoms with Gasteiger partial charge in [-0.3, -0.25) is 4.79 Å². The Morgan fingerprint density at radius 2 is 1.95 bits per heavy atom. The molecule has 0 saturated carbocycles. The third-order valence-electron chi connectivity index (χ3n) is 3.35. The minimum Gasteiger partial charge on any atom is -0.350 e. The molecule has 1 N–H and O–H groups in total. The highest BCUT2D eigenvalue weighted by Crippen LogP contribution is 2.16. The molecule has 2 aromatic carbocycles. The maximum atomic E-state index is 13.2. The second-order valence-corrected chi connectivity index (χ2v) is 5.53. The molecule has 0 saturated heterocycles. The third kappa shape index (κ3) is 4.53. The van der Waals surface area contributed by atoms with Crippen molar-refractivity contribution >= 4 is 17.5 Å². The molecule has 116 valence electrons. The van der Waals surface area contributed by atoms with Gasteiger partial charge in [0.15, 0.2) is 11.6 Å². The second-order valence-electron chi connectivity index (χ2n) is 5.09. The number of aryl methyl sites for hydroxylation is 1. The number of halogens is 3. The Hall–Kier alpha value is -1.94. The van der Waals surface area contributed by atoms with Gasteiger partial charge in [-0.2, -0.15) is 0 Å². The van der Waals surface area contributed by atoms with Crippen LogP contribution < -0.4 is 5.32 Å². The molecule has 0 aliphatic carbocycles. The first-order valence-electron chi connectivity index (χ1n) is 6.94. The highest BCUT2D eigenvalue weighted by atomic mass is 35.5. The molecule has 2 rings (SSSR count). The summed E-state index contributed by atoms with van der Waals surface area (Å²) in [7, 11) is 0. The van der Waals surface area contributed by atoms with Gasteiger partial charge in [-0.25, -0.2) is 8.78 Å². The van der Waals surface area contributed by atoms with Crippen LogP contribution in [0.5, 0.6) is 0 Å². The van der Waals surface area contributed by atoms with Crippen molar-refractivity contribution in [1.82, 2.24) is 5.32 Å². The van der Waals surface area contributed by atoms with Crippen LogP contribution in [0.4, 0.5) is 8.78 Å². The zero-order chi connectivity index (χ0) is 16.1. The highest BCUT2D eigenvalue weighted by Gasteiger charge is 2.12. The molecular formula is C17H16ClF2NO. The lowest BCUT2D eigenvalue weighted by Crippen LogP contribution is -2.26. The van der Waals surface area contributed by atoms with E-state index in [4.69, 9.17) is 11.6 Å². The third-order valence-corrected chi connectivity index (χ3v) is 3.59. The van der Waals surface area contributed by atoms with E-state index in [1.54, 1.807) is 13.0 Å². The van der Waals surface area contributed by atoms with Gasteiger partial charge >= 0.3 is 0 Å². The number of nitrogens with one attached hydrogen (secondary N) is 1. The van der Waals surface area contributed by atoms with E-state index in [-0.39, 0.29) is 11.9 Å². The van der Waals surface area contributed by atoms with Crippen LogP contribution in [0.1, 0.15) is 30.5 Å². The Morgan fingerprint density at radius 3 is 2.64 bits per heavy atom. The molecule has 1 amide bonds. The summed E-state index contributed by atoms with van der Waals surface area (Å²) in [5.74, 6) is -1.97. The van der Waals surface area contributed by atoms with Crippen molar-refractivity contribution < 1.29 is 13.6 Å². The Bertz CT molecular complexity index is 675. The first-order chi connectivity index (χ1) is 10.5. The molecule has 22 heavy (non-hydrogen) atoms. The molecule has 0 fully saturated rings. The molecule has 1 unspecified atom stereocenters. The molecule has 0 aliphatic rings. The predicted molar refractivity (Wildman–Crippen MR) is 82.7 cm³/mol. The SMILES string of the molecule is CC(NC(=O)CCc1cccc(Cl)c1)c1ccc(F)c(F)c1. The van der Waals surface area contributed by atoms with Crippen LogP contribution in [0.3, 0.4) is 0 Å². The number of hydrogen-bond donors (Lipinski definition) is 1. The van der Waals surface area contributed by atoms with Crippen molar-refractivity contribution in [2.45, 2.75) is 25.8 Å². The molecule has 0 aromatic heterocycles. The van der Waals surface area contributed by atoms with Gasteiger partial charge in [0.2, 0.25) is 5.91 Å². The van der Waals surface area contributed by atoms with Crippen molar-refractivity contribution in [3.05, 3.63) is 70.2 Å². The number of benzene rings is 2. The summed E-state index contributed by atoms with van der Waals surface area (Å²) in [5, 5.41) is 3.40. The van der Waals surface area contributed by atoms with Crippen molar-refractivity contribution in [2.24, 2.45) is 0 Å². The Morgan fingerprint density at radius 1 is 1.18 bits per heavy atom. The van der Waals surface area contributed by atoms with E-state index in [0.717, 1.165) is 17.7 Å². The summed E-state index contributed by atoms with van der Waals surface area (Å²) in [6.07, 6.45) is 0.866. The zero-order valence-electron chi connectivity index (χ0n) is 12.1. The lowest BCUT2D eigenvalue weighted by Gasteiger charge is -2.14. The van der Waals surface area contributed by atoms with E-state index >= 15 is 0 Å². The maximum Gasteiger partial charge on any atom is 0.220 e. The van der Waals surface area contributed by atoms with Crippen molar-refractivity contribution in [3.63, 3.8) is 0 Å². The fraction of sp³-hybridized carbons (Fsp3) is 0.235. The van der Waals surface area contributed by atoms with Gasteiger partial charge in [0.25, 0.3) is 0 Å². The summed E-state index contributed by atoms with van der Waals surface area (Å²) in [6, 6.07) is 10.5. The molecule has 2 aromatic rings. The van der Waals surface area contributed by atoms with Gasteiger partial charge in [0.05, 0.1) is 6.04 Å². The van der Waals surface area contributed by atoms with E-state index in [2.05, 4.69) is 5.32 Å². The Labute approximate surface area is 133 Å². The number of carbonyl (C=O) groups is 1. The van der Waals surface area contributed by atoms with E-state index in [1.807, 2.05) is 18.2 Å². The van der Waals surface area contributed by atoms with Crippen molar-refractivity contribution in [3.8, 4) is 0 Å². The quantitative estimate of drug-likeness (QED) is 0.866. The molecule has 1 atom stereocenters. The topological polar surface area (TPSA) is 29.1 Å². The first kappa shape index (κ1) is 16.4. The largest absolute Gasteiger partial charge is 0.350 e. The summed E-state index contributed by atoms with van der Waals surface area (Å²) in [4.78, 5) is 11.9. The monoisotopic (exact) mass is 323 g/mol. The van der Waals surface area contributed by atoms with Crippen LogP contribution in [-0.4, -0.2) is 5.91 Å². The number of hydrogen-bond acceptors (Lipinski definition) is 1. The fourth-order valence-corrected chi connectivity index (χ4v) is 2.34. The zero-order valence-corrected chi connectivity index (χ0v) is 12.8. The van der Waals surface area contributed by atoms with Crippen molar-refractivity contribution in [2.75, 3.05) is 0 Å². The summed E-state index contributed by atoms with van der Waals surface area (Å²) in [6.45, 7) is 1.73. The van der Waals surface area contributed by atoms with Crippen molar-refractivity contribution in [1.29, 1.82) is 0 Å². The molecule has 5 heteroatoms. The van der Waals surface area contributed by atoms with E-state index < -0.39 is 11.6 Å². The summed E-state index contributed by atoms with van der Waals surface area (Å²) >= 11 is 5.89. The van der Waals surface area contributed by atoms with Crippen LogP contribution in [0.25, 0.3) is 0 Å². The van der Waals surface area contributed by atoms with Gasteiger partial charge in [0.1, 0.15) is 0 Å². The van der Waals surface area contributed by atoms with Crippen LogP contribution in [0.15, 0.2) is 42.5 Å². The van der Waals surface area contributed by atoms with Gasteiger partial charge in [-0.1, -0.05) is 29.8 Å². The lowest BCUT2D eigenvalue weighted by molar-refractivity contribution is -0.121. The van der Waals surface area contributed by atoms with Gasteiger partial charge in [0, 0.05) is 11.4 Å². The normalized spacial score (nSPS) is 12.0. The van der Waals surface area contributed by atoms with Crippen LogP contribution >= 0.6 is 11.6 Å². The second kappa shape index (κ2) is 7.36. The van der Waals surface area contributed by atoms with Crippen LogP contribution in [0.2, 0.25) is 5.02 Å². The highest BCUT2D eigenvalue weighted by molar-refractivity contribution is 6.30. The molecule has 2 nitrogen and oxygen atoms in total. The molecule has 0 bridgehead atoms. The average Bonchev–Trinajstić information content (AvgIpc) is 2.48. The van der Waals surface area contributed by atoms with Crippen LogP contribution in [-0.2, 0) is 11.2 Å². The minimum atomic E-state index is -0.919. The van der Waals surface area contributed by atoms with E-state index in [0.29, 0.717) is 23.4 Å². The lowest BCUT2D eigenvalue weighted by atomic mass is 10.1. The molecule has 0 aliphatic heterocycles. The average molecular weight is 324 g/mol.